The monoisotopic (exact) mass is 448 g/mol. The van der Waals surface area contributed by atoms with Crippen LogP contribution in [0.2, 0.25) is 0 Å². The molecule has 3 amide bonds. The Morgan fingerprint density at radius 1 is 1.25 bits per heavy atom. The van der Waals surface area contributed by atoms with Crippen molar-refractivity contribution in [1.29, 1.82) is 0 Å². The number of esters is 1. The second kappa shape index (κ2) is 7.01. The van der Waals surface area contributed by atoms with Gasteiger partial charge in [0.25, 0.3) is 11.5 Å². The zero-order chi connectivity index (χ0) is 19.9. The third kappa shape index (κ3) is 3.28. The zero-order valence-corrected chi connectivity index (χ0v) is 16.4. The highest BCUT2D eigenvalue weighted by atomic mass is 79.9. The van der Waals surface area contributed by atoms with E-state index in [1.165, 1.54) is 10.5 Å². The van der Waals surface area contributed by atoms with Crippen molar-refractivity contribution in [3.05, 3.63) is 44.9 Å². The molecule has 1 saturated heterocycles. The lowest BCUT2D eigenvalue weighted by Gasteiger charge is -2.19. The van der Waals surface area contributed by atoms with Crippen LogP contribution in [0.15, 0.2) is 33.7 Å². The highest BCUT2D eigenvalue weighted by Gasteiger charge is 2.52. The molecule has 146 valence electrons. The molecule has 2 aromatic rings. The molecule has 9 nitrogen and oxygen atoms in total. The van der Waals surface area contributed by atoms with Crippen LogP contribution in [0.25, 0.3) is 5.65 Å². The summed E-state index contributed by atoms with van der Waals surface area (Å²) in [5.41, 5.74) is -0.473. The molecule has 3 heterocycles. The van der Waals surface area contributed by atoms with Crippen molar-refractivity contribution in [3.63, 3.8) is 0 Å². The Labute approximate surface area is 167 Å². The molecule has 0 atom stereocenters. The molecule has 1 aliphatic heterocycles. The number of nitrogens with one attached hydrogen (secondary N) is 1. The van der Waals surface area contributed by atoms with Gasteiger partial charge in [0.15, 0.2) is 0 Å². The van der Waals surface area contributed by atoms with Gasteiger partial charge in [0.05, 0.1) is 5.69 Å². The number of carbonyl (C=O) groups excluding carboxylic acids is 3. The second-order valence-electron chi connectivity index (χ2n) is 6.93. The quantitative estimate of drug-likeness (QED) is 0.558. The summed E-state index contributed by atoms with van der Waals surface area (Å²) in [4.78, 5) is 54.1. The van der Waals surface area contributed by atoms with E-state index in [0.717, 1.165) is 22.2 Å². The number of pyridine rings is 1. The van der Waals surface area contributed by atoms with Gasteiger partial charge < -0.3 is 10.1 Å². The first-order valence-electron chi connectivity index (χ1n) is 8.86. The highest BCUT2D eigenvalue weighted by Crippen LogP contribution is 2.34. The first-order valence-corrected chi connectivity index (χ1v) is 9.65. The van der Waals surface area contributed by atoms with E-state index in [-0.39, 0.29) is 23.8 Å². The van der Waals surface area contributed by atoms with Crippen LogP contribution >= 0.6 is 15.9 Å². The lowest BCUT2D eigenvalue weighted by atomic mass is 9.98. The van der Waals surface area contributed by atoms with E-state index in [1.54, 1.807) is 18.3 Å². The second-order valence-corrected chi connectivity index (χ2v) is 7.85. The topological polar surface area (TPSA) is 110 Å². The highest BCUT2D eigenvalue weighted by molar-refractivity contribution is 9.10. The molecule has 1 aliphatic carbocycles. The van der Waals surface area contributed by atoms with Gasteiger partial charge in [-0.3, -0.25) is 23.7 Å². The molecule has 0 aromatic carbocycles. The largest absolute Gasteiger partial charge is 0.458 e. The van der Waals surface area contributed by atoms with E-state index in [9.17, 15) is 19.2 Å². The Morgan fingerprint density at radius 3 is 2.75 bits per heavy atom. The number of amides is 3. The summed E-state index contributed by atoms with van der Waals surface area (Å²) in [6.45, 7) is -0.693. The van der Waals surface area contributed by atoms with Gasteiger partial charge in [0.1, 0.15) is 24.3 Å². The number of ether oxygens (including phenoxy) is 1. The van der Waals surface area contributed by atoms with E-state index in [4.69, 9.17) is 4.74 Å². The van der Waals surface area contributed by atoms with E-state index in [1.807, 2.05) is 0 Å². The number of fused-ring (bicyclic) bond motifs is 1. The Balaban J connectivity index is 1.42. The van der Waals surface area contributed by atoms with E-state index < -0.39 is 24.1 Å². The fourth-order valence-corrected chi connectivity index (χ4v) is 4.00. The molecule has 28 heavy (non-hydrogen) atoms. The number of hydrogen-bond acceptors (Lipinski definition) is 6. The van der Waals surface area contributed by atoms with Gasteiger partial charge in [-0.2, -0.15) is 0 Å². The van der Waals surface area contributed by atoms with Crippen molar-refractivity contribution >= 4 is 39.5 Å². The van der Waals surface area contributed by atoms with Crippen LogP contribution in [0.1, 0.15) is 31.4 Å². The number of carbonyl (C=O) groups is 3. The number of aromatic nitrogens is 2. The molecule has 0 bridgehead atoms. The zero-order valence-electron chi connectivity index (χ0n) is 14.8. The fraction of sp³-hybridized carbons (Fsp3) is 0.389. The average Bonchev–Trinajstić information content (AvgIpc) is 3.21. The summed E-state index contributed by atoms with van der Waals surface area (Å²) in [6, 6.07) is 4.10. The van der Waals surface area contributed by atoms with E-state index in [0.29, 0.717) is 18.5 Å². The van der Waals surface area contributed by atoms with Crippen LogP contribution in [0.4, 0.5) is 4.79 Å². The number of imide groups is 1. The van der Waals surface area contributed by atoms with Crippen LogP contribution < -0.4 is 10.9 Å². The Hall–Kier alpha value is -2.75. The molecular weight excluding hydrogens is 432 g/mol. The van der Waals surface area contributed by atoms with Crippen molar-refractivity contribution < 1.29 is 19.1 Å². The smallest absolute Gasteiger partial charge is 0.326 e. The van der Waals surface area contributed by atoms with Crippen molar-refractivity contribution in [3.8, 4) is 0 Å². The fourth-order valence-electron chi connectivity index (χ4n) is 3.67. The molecule has 2 aliphatic rings. The van der Waals surface area contributed by atoms with Gasteiger partial charge in [0.2, 0.25) is 0 Å². The first kappa shape index (κ1) is 18.6. The normalized spacial score (nSPS) is 18.1. The van der Waals surface area contributed by atoms with Gasteiger partial charge in [-0.05, 0) is 40.9 Å². The van der Waals surface area contributed by atoms with E-state index in [2.05, 4.69) is 26.2 Å². The van der Waals surface area contributed by atoms with Crippen molar-refractivity contribution in [2.75, 3.05) is 6.54 Å². The maximum atomic E-state index is 12.5. The average molecular weight is 449 g/mol. The van der Waals surface area contributed by atoms with Crippen molar-refractivity contribution in [2.45, 2.75) is 37.8 Å². The maximum absolute atomic E-state index is 12.5. The van der Waals surface area contributed by atoms with Gasteiger partial charge in [-0.25, -0.2) is 9.78 Å². The number of urea groups is 1. The van der Waals surface area contributed by atoms with Gasteiger partial charge >= 0.3 is 12.0 Å². The summed E-state index contributed by atoms with van der Waals surface area (Å²) in [5.74, 6) is -1.11. The SMILES string of the molecule is O=C(CN1C(=O)NC2(CCCC2)C1=O)OCc1cc(=O)n2cc(Br)ccc2n1. The summed E-state index contributed by atoms with van der Waals surface area (Å²) < 4.78 is 7.23. The van der Waals surface area contributed by atoms with E-state index >= 15 is 0 Å². The number of halogens is 1. The van der Waals surface area contributed by atoms with Gasteiger partial charge in [0, 0.05) is 16.7 Å². The predicted octanol–water partition coefficient (Wildman–Crippen LogP) is 1.36. The summed E-state index contributed by atoms with van der Waals surface area (Å²) >= 11 is 3.29. The minimum atomic E-state index is -0.861. The minimum absolute atomic E-state index is 0.227. The van der Waals surface area contributed by atoms with Crippen LogP contribution in [-0.2, 0) is 20.9 Å². The van der Waals surface area contributed by atoms with Gasteiger partial charge in [-0.15, -0.1) is 0 Å². The third-order valence-corrected chi connectivity index (χ3v) is 5.52. The molecule has 10 heteroatoms. The van der Waals surface area contributed by atoms with Crippen LogP contribution in [0.3, 0.4) is 0 Å². The maximum Gasteiger partial charge on any atom is 0.326 e. The number of rotatable bonds is 4. The lowest BCUT2D eigenvalue weighted by molar-refractivity contribution is -0.148. The lowest BCUT2D eigenvalue weighted by Crippen LogP contribution is -2.44. The standard InChI is InChI=1S/C18H17BrN4O5/c19-11-3-4-13-20-12(7-14(24)22(13)8-11)10-28-15(25)9-23-16(26)18(21-17(23)27)5-1-2-6-18/h3-4,7-8H,1-2,5-6,9-10H2,(H,21,27). The molecule has 4 rings (SSSR count). The molecule has 0 unspecified atom stereocenters. The summed E-state index contributed by atoms with van der Waals surface area (Å²) in [5, 5.41) is 2.71. The van der Waals surface area contributed by atoms with Gasteiger partial charge in [-0.1, -0.05) is 12.8 Å². The number of nitrogens with zero attached hydrogens (tertiary/aromatic N) is 3. The molecule has 0 radical (unpaired) electrons. The third-order valence-electron chi connectivity index (χ3n) is 5.05. The first-order chi connectivity index (χ1) is 13.4. The molecule has 1 spiro atoms. The molecule has 2 aromatic heterocycles. The molecule has 1 N–H and O–H groups in total. The molecule has 2 fully saturated rings. The predicted molar refractivity (Wildman–Crippen MR) is 100 cm³/mol. The Kier molecular flexibility index (Phi) is 4.66. The summed E-state index contributed by atoms with van der Waals surface area (Å²) in [6.07, 6.45) is 4.50. The molecule has 1 saturated carbocycles. The Bertz CT molecular complexity index is 1040. The van der Waals surface area contributed by atoms with Crippen molar-refractivity contribution in [2.24, 2.45) is 0 Å². The Morgan fingerprint density at radius 2 is 2.00 bits per heavy atom. The molecular formula is C18H17BrN4O5. The van der Waals surface area contributed by atoms with Crippen molar-refractivity contribution in [1.82, 2.24) is 19.6 Å². The van der Waals surface area contributed by atoms with Crippen LogP contribution in [0, 0.1) is 0 Å². The minimum Gasteiger partial charge on any atom is -0.458 e. The van der Waals surface area contributed by atoms with Crippen LogP contribution in [0.5, 0.6) is 0 Å². The summed E-state index contributed by atoms with van der Waals surface area (Å²) in [7, 11) is 0. The number of hydrogen-bond donors (Lipinski definition) is 1. The van der Waals surface area contributed by atoms with Crippen LogP contribution in [-0.4, -0.2) is 44.3 Å².